The van der Waals surface area contributed by atoms with Crippen LogP contribution in [0.5, 0.6) is 5.75 Å². The lowest BCUT2D eigenvalue weighted by Gasteiger charge is -2.11. The number of ether oxygens (including phenoxy) is 2. The average molecular weight is 469 g/mol. The maximum Gasteiger partial charge on any atom is 0.339 e. The molecule has 0 fully saturated rings. The third kappa shape index (κ3) is 7.08. The first-order chi connectivity index (χ1) is 16.0. The standard InChI is InChI=1S/C24H21FN2O5S/c1-31-20-8-4-3-7-19(20)27-22(28)14-32-24(30)18-6-2-5-9-21(18)33-15-23(29)26-17-12-10-16(25)11-13-17/h2-13H,14-15H2,1H3,(H,26,29)(H,27,28). The third-order valence-corrected chi connectivity index (χ3v) is 5.38. The summed E-state index contributed by atoms with van der Waals surface area (Å²) in [6, 6.07) is 18.9. The number of halogens is 1. The number of hydrogen-bond donors (Lipinski definition) is 2. The van der Waals surface area contributed by atoms with E-state index < -0.39 is 24.3 Å². The van der Waals surface area contributed by atoms with Crippen molar-refractivity contribution in [3.05, 3.63) is 84.2 Å². The van der Waals surface area contributed by atoms with Crippen molar-refractivity contribution in [2.24, 2.45) is 0 Å². The molecule has 0 aliphatic heterocycles. The molecule has 9 heteroatoms. The lowest BCUT2D eigenvalue weighted by atomic mass is 10.2. The average Bonchev–Trinajstić information content (AvgIpc) is 2.83. The highest BCUT2D eigenvalue weighted by atomic mass is 32.2. The molecule has 2 N–H and O–H groups in total. The molecule has 3 aromatic carbocycles. The van der Waals surface area contributed by atoms with E-state index in [0.29, 0.717) is 22.0 Å². The van der Waals surface area contributed by atoms with Crippen molar-refractivity contribution >= 4 is 40.9 Å². The van der Waals surface area contributed by atoms with Gasteiger partial charge in [-0.05, 0) is 48.5 Å². The molecular weight excluding hydrogens is 447 g/mol. The molecule has 3 rings (SSSR count). The number of carbonyl (C=O) groups is 3. The van der Waals surface area contributed by atoms with Gasteiger partial charge in [-0.15, -0.1) is 11.8 Å². The van der Waals surface area contributed by atoms with Crippen molar-refractivity contribution in [3.63, 3.8) is 0 Å². The normalized spacial score (nSPS) is 10.2. The zero-order chi connectivity index (χ0) is 23.6. The fourth-order valence-electron chi connectivity index (χ4n) is 2.78. The fraction of sp³-hybridized carbons (Fsp3) is 0.125. The third-order valence-electron chi connectivity index (χ3n) is 4.31. The molecule has 0 bridgehead atoms. The monoisotopic (exact) mass is 468 g/mol. The second-order valence-electron chi connectivity index (χ2n) is 6.66. The van der Waals surface area contributed by atoms with Crippen molar-refractivity contribution < 1.29 is 28.2 Å². The molecule has 0 aliphatic rings. The Balaban J connectivity index is 1.54. The largest absolute Gasteiger partial charge is 0.495 e. The van der Waals surface area contributed by atoms with Crippen molar-refractivity contribution in [3.8, 4) is 5.75 Å². The summed E-state index contributed by atoms with van der Waals surface area (Å²) >= 11 is 1.14. The molecule has 2 amide bonds. The highest BCUT2D eigenvalue weighted by Crippen LogP contribution is 2.25. The van der Waals surface area contributed by atoms with Gasteiger partial charge in [0.05, 0.1) is 24.1 Å². The van der Waals surface area contributed by atoms with E-state index in [1.165, 1.54) is 31.4 Å². The summed E-state index contributed by atoms with van der Waals surface area (Å²) in [5.41, 5.74) is 1.17. The molecule has 0 atom stereocenters. The van der Waals surface area contributed by atoms with Crippen LogP contribution >= 0.6 is 11.8 Å². The van der Waals surface area contributed by atoms with Crippen LogP contribution < -0.4 is 15.4 Å². The molecule has 7 nitrogen and oxygen atoms in total. The minimum atomic E-state index is -0.688. The topological polar surface area (TPSA) is 93.7 Å². The van der Waals surface area contributed by atoms with Crippen LogP contribution in [-0.4, -0.2) is 37.3 Å². The number of thioether (sulfide) groups is 1. The maximum atomic E-state index is 13.0. The molecule has 0 radical (unpaired) electrons. The van der Waals surface area contributed by atoms with E-state index in [4.69, 9.17) is 9.47 Å². The Morgan fingerprint density at radius 3 is 2.33 bits per heavy atom. The fourth-order valence-corrected chi connectivity index (χ4v) is 3.62. The summed E-state index contributed by atoms with van der Waals surface area (Å²) in [7, 11) is 1.49. The SMILES string of the molecule is COc1ccccc1NC(=O)COC(=O)c1ccccc1SCC(=O)Nc1ccc(F)cc1. The maximum absolute atomic E-state index is 13.0. The number of benzene rings is 3. The Labute approximate surface area is 194 Å². The van der Waals surface area contributed by atoms with Gasteiger partial charge in [0.15, 0.2) is 6.61 Å². The first-order valence-corrected chi connectivity index (χ1v) is 10.8. The van der Waals surface area contributed by atoms with Gasteiger partial charge in [0.2, 0.25) is 5.91 Å². The van der Waals surface area contributed by atoms with Gasteiger partial charge < -0.3 is 20.1 Å². The number of amides is 2. The molecule has 33 heavy (non-hydrogen) atoms. The Bertz CT molecular complexity index is 1140. The Kier molecular flexibility index (Phi) is 8.43. The second kappa shape index (κ2) is 11.7. The van der Waals surface area contributed by atoms with Crippen LogP contribution in [0.1, 0.15) is 10.4 Å². The highest BCUT2D eigenvalue weighted by molar-refractivity contribution is 8.00. The van der Waals surface area contributed by atoms with Gasteiger partial charge in [-0.1, -0.05) is 24.3 Å². The Morgan fingerprint density at radius 1 is 0.879 bits per heavy atom. The second-order valence-corrected chi connectivity index (χ2v) is 7.68. The van der Waals surface area contributed by atoms with Crippen molar-refractivity contribution in [2.75, 3.05) is 30.1 Å². The van der Waals surface area contributed by atoms with Crippen LogP contribution in [0.3, 0.4) is 0 Å². The van der Waals surface area contributed by atoms with Crippen molar-refractivity contribution in [1.29, 1.82) is 0 Å². The first kappa shape index (κ1) is 23.8. The van der Waals surface area contributed by atoms with E-state index in [0.717, 1.165) is 11.8 Å². The molecule has 170 valence electrons. The van der Waals surface area contributed by atoms with Crippen LogP contribution in [0.15, 0.2) is 77.7 Å². The van der Waals surface area contributed by atoms with E-state index >= 15 is 0 Å². The lowest BCUT2D eigenvalue weighted by Crippen LogP contribution is -2.21. The van der Waals surface area contributed by atoms with Gasteiger partial charge >= 0.3 is 5.97 Å². The zero-order valence-electron chi connectivity index (χ0n) is 17.7. The summed E-state index contributed by atoms with van der Waals surface area (Å²) in [5, 5.41) is 5.28. The van der Waals surface area contributed by atoms with Gasteiger partial charge in [-0.25, -0.2) is 9.18 Å². The summed E-state index contributed by atoms with van der Waals surface area (Å²) < 4.78 is 23.3. The number of rotatable bonds is 9. The van der Waals surface area contributed by atoms with E-state index in [9.17, 15) is 18.8 Å². The molecule has 0 saturated heterocycles. The predicted octanol–water partition coefficient (Wildman–Crippen LogP) is 4.36. The van der Waals surface area contributed by atoms with Crippen LogP contribution in [0.2, 0.25) is 0 Å². The number of nitrogens with one attached hydrogen (secondary N) is 2. The predicted molar refractivity (Wildman–Crippen MR) is 124 cm³/mol. The number of anilines is 2. The van der Waals surface area contributed by atoms with Gasteiger partial charge in [0.25, 0.3) is 5.91 Å². The van der Waals surface area contributed by atoms with Crippen LogP contribution in [-0.2, 0) is 14.3 Å². The van der Waals surface area contributed by atoms with Gasteiger partial charge in [-0.3, -0.25) is 9.59 Å². The van der Waals surface area contributed by atoms with Crippen LogP contribution in [0, 0.1) is 5.82 Å². The molecule has 0 spiro atoms. The summed E-state index contributed by atoms with van der Waals surface area (Å²) in [6.07, 6.45) is 0. The van der Waals surface area contributed by atoms with Crippen LogP contribution in [0.25, 0.3) is 0 Å². The molecule has 0 aromatic heterocycles. The first-order valence-electron chi connectivity index (χ1n) is 9.83. The molecule has 0 unspecified atom stereocenters. The number of para-hydroxylation sites is 2. The molecule has 0 aliphatic carbocycles. The van der Waals surface area contributed by atoms with E-state index in [-0.39, 0.29) is 17.2 Å². The summed E-state index contributed by atoms with van der Waals surface area (Å²) in [4.78, 5) is 37.4. The molecule has 0 saturated carbocycles. The number of hydrogen-bond acceptors (Lipinski definition) is 6. The minimum Gasteiger partial charge on any atom is -0.495 e. The Morgan fingerprint density at radius 2 is 1.58 bits per heavy atom. The van der Waals surface area contributed by atoms with Crippen LogP contribution in [0.4, 0.5) is 15.8 Å². The molecular formula is C24H21FN2O5S. The minimum absolute atomic E-state index is 0.0238. The van der Waals surface area contributed by atoms with Gasteiger partial charge in [0, 0.05) is 10.6 Å². The summed E-state index contributed by atoms with van der Waals surface area (Å²) in [5.74, 6) is -1.41. The lowest BCUT2D eigenvalue weighted by molar-refractivity contribution is -0.119. The van der Waals surface area contributed by atoms with E-state index in [1.807, 2.05) is 0 Å². The molecule has 3 aromatic rings. The summed E-state index contributed by atoms with van der Waals surface area (Å²) in [6.45, 7) is -0.485. The van der Waals surface area contributed by atoms with Crippen molar-refractivity contribution in [2.45, 2.75) is 4.90 Å². The Hall–Kier alpha value is -3.85. The quantitative estimate of drug-likeness (QED) is 0.358. The zero-order valence-corrected chi connectivity index (χ0v) is 18.5. The van der Waals surface area contributed by atoms with E-state index in [1.54, 1.807) is 48.5 Å². The van der Waals surface area contributed by atoms with Gasteiger partial charge in [0.1, 0.15) is 11.6 Å². The molecule has 0 heterocycles. The van der Waals surface area contributed by atoms with E-state index in [2.05, 4.69) is 10.6 Å². The number of esters is 1. The van der Waals surface area contributed by atoms with Crippen molar-refractivity contribution in [1.82, 2.24) is 0 Å². The highest BCUT2D eigenvalue weighted by Gasteiger charge is 2.16. The number of carbonyl (C=O) groups excluding carboxylic acids is 3. The smallest absolute Gasteiger partial charge is 0.339 e. The number of methoxy groups -OCH3 is 1. The van der Waals surface area contributed by atoms with Gasteiger partial charge in [-0.2, -0.15) is 0 Å².